The van der Waals surface area contributed by atoms with E-state index in [4.69, 9.17) is 5.73 Å². The number of ketones is 2. The molecule has 12 heteroatoms. The number of aliphatic hydroxyl groups excluding tert-OH is 2. The summed E-state index contributed by atoms with van der Waals surface area (Å²) in [5.74, 6) is -8.13. The van der Waals surface area contributed by atoms with Gasteiger partial charge in [-0.05, 0) is 43.4 Å². The predicted molar refractivity (Wildman–Crippen MR) is 137 cm³/mol. The molecular weight excluding hydrogens is 525 g/mol. The third kappa shape index (κ3) is 3.76. The number of phenolic OH excluding ortho intramolecular Hbond substituents is 1. The number of nitrogens with zero attached hydrogens (tertiary/aromatic N) is 1. The minimum Gasteiger partial charge on any atom is -0.511 e. The van der Waals surface area contributed by atoms with Crippen molar-refractivity contribution in [3.8, 4) is 5.75 Å². The number of hydrogen-bond donors (Lipinski definition) is 6. The second-order valence-corrected chi connectivity index (χ2v) is 11.7. The smallest absolute Gasteiger partial charge is 0.255 e. The highest BCUT2D eigenvalue weighted by molar-refractivity contribution is 6.24. The quantitative estimate of drug-likeness (QED) is 0.235. The van der Waals surface area contributed by atoms with Gasteiger partial charge in [0.05, 0.1) is 17.8 Å². The first kappa shape index (κ1) is 26.5. The summed E-state index contributed by atoms with van der Waals surface area (Å²) in [7, 11) is 0. The number of benzene rings is 1. The summed E-state index contributed by atoms with van der Waals surface area (Å²) in [6, 6.07) is 0.948. The summed E-state index contributed by atoms with van der Waals surface area (Å²) in [6.07, 6.45) is 2.84. The number of aliphatic hydroxyl groups is 3. The molecule has 0 bridgehead atoms. The number of likely N-dealkylation sites (tertiary alicyclic amines) is 1. The molecule has 1 aromatic rings. The number of allylic oxidation sites excluding steroid dienone is 2. The number of carbonyl (C=O) groups is 4. The van der Waals surface area contributed by atoms with Crippen molar-refractivity contribution < 1.29 is 44.0 Å². The highest BCUT2D eigenvalue weighted by atomic mass is 19.1. The molecule has 2 amide bonds. The summed E-state index contributed by atoms with van der Waals surface area (Å²) < 4.78 is 15.3. The molecule has 1 aromatic carbocycles. The summed E-state index contributed by atoms with van der Waals surface area (Å²) in [5.41, 5.74) is 0.313. The van der Waals surface area contributed by atoms with E-state index in [1.54, 1.807) is 0 Å². The molecule has 0 spiro atoms. The molecule has 1 saturated carbocycles. The van der Waals surface area contributed by atoms with Crippen LogP contribution in [0.15, 0.2) is 28.7 Å². The molecule has 212 valence electrons. The van der Waals surface area contributed by atoms with Crippen LogP contribution in [0, 0.1) is 29.5 Å². The van der Waals surface area contributed by atoms with Gasteiger partial charge in [0.2, 0.25) is 11.7 Å². The van der Waals surface area contributed by atoms with Crippen molar-refractivity contribution in [2.45, 2.75) is 44.1 Å². The molecule has 6 rings (SSSR count). The SMILES string of the molecule is NC(=O)C1=C(O)C[C@@H]2CC3Cc4c(F)cc(NC(=O)CN5CC6CCCC6C5)c(O)c4C(=O)C3=C(O)[C@]2(O)C1=O. The molecule has 5 atom stereocenters. The number of primary amides is 1. The average molecular weight is 556 g/mol. The lowest BCUT2D eigenvalue weighted by Gasteiger charge is -2.45. The fourth-order valence-corrected chi connectivity index (χ4v) is 7.59. The molecule has 11 nitrogen and oxygen atoms in total. The first-order valence-electron chi connectivity index (χ1n) is 13.5. The van der Waals surface area contributed by atoms with Crippen LogP contribution in [-0.2, 0) is 20.8 Å². The third-order valence-electron chi connectivity index (χ3n) is 9.45. The van der Waals surface area contributed by atoms with Gasteiger partial charge < -0.3 is 31.5 Å². The van der Waals surface area contributed by atoms with Gasteiger partial charge in [-0.2, -0.15) is 0 Å². The van der Waals surface area contributed by atoms with E-state index in [1.807, 2.05) is 4.90 Å². The van der Waals surface area contributed by atoms with Gasteiger partial charge in [-0.3, -0.25) is 24.1 Å². The topological polar surface area (TPSA) is 190 Å². The lowest BCUT2D eigenvalue weighted by Crippen LogP contribution is -2.57. The number of amides is 2. The summed E-state index contributed by atoms with van der Waals surface area (Å²) in [5, 5.41) is 46.1. The lowest BCUT2D eigenvalue weighted by molar-refractivity contribution is -0.144. The minimum absolute atomic E-state index is 0.0478. The van der Waals surface area contributed by atoms with Gasteiger partial charge in [0.25, 0.3) is 5.91 Å². The zero-order valence-electron chi connectivity index (χ0n) is 21.6. The number of aromatic hydroxyl groups is 1. The highest BCUT2D eigenvalue weighted by Crippen LogP contribution is 2.52. The number of hydrogen-bond acceptors (Lipinski definition) is 9. The first-order chi connectivity index (χ1) is 18.9. The number of fused-ring (bicyclic) bond motifs is 4. The Hall–Kier alpha value is -3.77. The molecule has 1 saturated heterocycles. The standard InChI is InChI=1S/C28H30FN3O8/c29-16-7-17(31-19(34)10-32-8-11-2-1-3-12(11)9-32)23(35)21-15(16)5-13-4-14-6-18(33)22(27(30)39)26(38)28(14,40)25(37)20(13)24(21)36/h7,11-14,33,35,37,40H,1-6,8-10H2,(H2,30,39)(H,31,34)/t11?,12?,13?,14-,28-/m0/s1. The molecule has 3 unspecified atom stereocenters. The summed E-state index contributed by atoms with van der Waals surface area (Å²) in [6.45, 7) is 1.64. The number of halogens is 1. The van der Waals surface area contributed by atoms with Gasteiger partial charge >= 0.3 is 0 Å². The van der Waals surface area contributed by atoms with Crippen LogP contribution in [0.2, 0.25) is 0 Å². The lowest BCUT2D eigenvalue weighted by atomic mass is 9.60. The Kier molecular flexibility index (Phi) is 6.04. The zero-order valence-corrected chi connectivity index (χ0v) is 21.6. The Bertz CT molecular complexity index is 1440. The van der Waals surface area contributed by atoms with E-state index in [1.165, 1.54) is 6.42 Å². The predicted octanol–water partition coefficient (Wildman–Crippen LogP) is 1.39. The Morgan fingerprint density at radius 1 is 1.12 bits per heavy atom. The van der Waals surface area contributed by atoms with Crippen molar-refractivity contribution in [3.05, 3.63) is 45.7 Å². The second-order valence-electron chi connectivity index (χ2n) is 11.7. The average Bonchev–Trinajstić information content (AvgIpc) is 3.46. The number of rotatable bonds is 4. The van der Waals surface area contributed by atoms with Crippen LogP contribution in [-0.4, -0.2) is 73.9 Å². The van der Waals surface area contributed by atoms with Crippen molar-refractivity contribution in [1.82, 2.24) is 4.90 Å². The minimum atomic E-state index is -2.70. The van der Waals surface area contributed by atoms with E-state index >= 15 is 4.39 Å². The van der Waals surface area contributed by atoms with Crippen molar-refractivity contribution in [2.75, 3.05) is 25.0 Å². The van der Waals surface area contributed by atoms with Crippen LogP contribution in [0.1, 0.15) is 48.0 Å². The van der Waals surface area contributed by atoms with Crippen molar-refractivity contribution in [2.24, 2.45) is 29.4 Å². The van der Waals surface area contributed by atoms with Gasteiger partial charge in [0.15, 0.2) is 17.1 Å². The maximum atomic E-state index is 15.3. The molecular formula is C28H30FN3O8. The molecule has 4 aliphatic carbocycles. The largest absolute Gasteiger partial charge is 0.511 e. The molecule has 7 N–H and O–H groups in total. The van der Waals surface area contributed by atoms with Crippen molar-refractivity contribution in [1.29, 1.82) is 0 Å². The molecule has 5 aliphatic rings. The molecule has 40 heavy (non-hydrogen) atoms. The number of carbonyl (C=O) groups excluding carboxylic acids is 4. The Morgan fingerprint density at radius 2 is 1.80 bits per heavy atom. The highest BCUT2D eigenvalue weighted by Gasteiger charge is 2.59. The maximum Gasteiger partial charge on any atom is 0.255 e. The van der Waals surface area contributed by atoms with Gasteiger partial charge in [-0.15, -0.1) is 0 Å². The second kappa shape index (κ2) is 9.13. The van der Waals surface area contributed by atoms with Crippen LogP contribution in [0.3, 0.4) is 0 Å². The molecule has 1 heterocycles. The first-order valence-corrected chi connectivity index (χ1v) is 13.5. The molecule has 2 fully saturated rings. The molecule has 1 aliphatic heterocycles. The monoisotopic (exact) mass is 555 g/mol. The van der Waals surface area contributed by atoms with E-state index in [0.717, 1.165) is 32.0 Å². The number of nitrogens with one attached hydrogen (secondary N) is 1. The maximum absolute atomic E-state index is 15.3. The normalized spacial score (nSPS) is 31.6. The zero-order chi connectivity index (χ0) is 28.7. The van der Waals surface area contributed by atoms with Gasteiger partial charge in [0.1, 0.15) is 22.9 Å². The molecule has 0 radical (unpaired) electrons. The van der Waals surface area contributed by atoms with Crippen LogP contribution in [0.5, 0.6) is 5.75 Å². The van der Waals surface area contributed by atoms with E-state index in [-0.39, 0.29) is 37.1 Å². The van der Waals surface area contributed by atoms with E-state index in [0.29, 0.717) is 11.8 Å². The summed E-state index contributed by atoms with van der Waals surface area (Å²) >= 11 is 0. The van der Waals surface area contributed by atoms with E-state index in [9.17, 15) is 39.6 Å². The van der Waals surface area contributed by atoms with Gasteiger partial charge in [-0.25, -0.2) is 4.39 Å². The van der Waals surface area contributed by atoms with Crippen LogP contribution < -0.4 is 11.1 Å². The van der Waals surface area contributed by atoms with E-state index < -0.39 is 80.6 Å². The number of Topliss-reactive ketones (excluding diaryl/α,β-unsaturated/α-hetero) is 2. The Morgan fingerprint density at radius 3 is 2.45 bits per heavy atom. The summed E-state index contributed by atoms with van der Waals surface area (Å²) in [4.78, 5) is 53.2. The number of phenols is 1. The van der Waals surface area contributed by atoms with Crippen LogP contribution in [0.25, 0.3) is 0 Å². The Balaban J connectivity index is 1.31. The van der Waals surface area contributed by atoms with Gasteiger partial charge in [-0.1, -0.05) is 6.42 Å². The fraction of sp³-hybridized carbons (Fsp3) is 0.500. The van der Waals surface area contributed by atoms with Crippen LogP contribution >= 0.6 is 0 Å². The molecule has 0 aromatic heterocycles. The van der Waals surface area contributed by atoms with Crippen molar-refractivity contribution >= 4 is 29.1 Å². The van der Waals surface area contributed by atoms with Crippen molar-refractivity contribution in [3.63, 3.8) is 0 Å². The van der Waals surface area contributed by atoms with Crippen LogP contribution in [0.4, 0.5) is 10.1 Å². The number of nitrogens with two attached hydrogens (primary N) is 1. The third-order valence-corrected chi connectivity index (χ3v) is 9.45. The van der Waals surface area contributed by atoms with Gasteiger partial charge in [0, 0.05) is 42.6 Å². The van der Waals surface area contributed by atoms with E-state index in [2.05, 4.69) is 5.32 Å². The number of anilines is 1. The fourth-order valence-electron chi connectivity index (χ4n) is 7.59. The Labute approximate surface area is 228 Å².